The molecule has 0 radical (unpaired) electrons. The third-order valence-electron chi connectivity index (χ3n) is 3.07. The van der Waals surface area contributed by atoms with Crippen molar-refractivity contribution < 1.29 is 28.6 Å². The van der Waals surface area contributed by atoms with Gasteiger partial charge in [-0.1, -0.05) is 13.8 Å². The molecule has 0 saturated carbocycles. The van der Waals surface area contributed by atoms with Crippen LogP contribution in [0, 0.1) is 11.3 Å². The quantitative estimate of drug-likeness (QED) is 0.522. The van der Waals surface area contributed by atoms with E-state index < -0.39 is 23.3 Å². The smallest absolute Gasteiger partial charge is 0.313 e. The second-order valence-corrected chi connectivity index (χ2v) is 4.31. The van der Waals surface area contributed by atoms with Gasteiger partial charge < -0.3 is 14.2 Å². The normalized spacial score (nSPS) is 11.0. The molecule has 0 saturated heterocycles. The molecule has 0 aliphatic heterocycles. The molecule has 0 aromatic rings. The van der Waals surface area contributed by atoms with Crippen LogP contribution in [0.3, 0.4) is 0 Å². The first-order valence-electron chi connectivity index (χ1n) is 5.56. The maximum absolute atomic E-state index is 11.9. The summed E-state index contributed by atoms with van der Waals surface area (Å²) in [5.41, 5.74) is -1.26. The van der Waals surface area contributed by atoms with Crippen LogP contribution in [0.2, 0.25) is 0 Å². The molecule has 6 heteroatoms. The average molecular weight is 260 g/mol. The zero-order chi connectivity index (χ0) is 14.3. The molecular formula is C12H20O6. The highest BCUT2D eigenvalue weighted by Crippen LogP contribution is 2.37. The van der Waals surface area contributed by atoms with E-state index in [9.17, 15) is 14.4 Å². The molecule has 0 aliphatic rings. The zero-order valence-corrected chi connectivity index (χ0v) is 11.4. The van der Waals surface area contributed by atoms with E-state index in [1.54, 1.807) is 13.8 Å². The summed E-state index contributed by atoms with van der Waals surface area (Å²) >= 11 is 0. The Morgan fingerprint density at radius 2 is 1.28 bits per heavy atom. The summed E-state index contributed by atoms with van der Waals surface area (Å²) in [5.74, 6) is -2.03. The number of hydrogen-bond acceptors (Lipinski definition) is 6. The fraction of sp³-hybridized carbons (Fsp3) is 0.750. The summed E-state index contributed by atoms with van der Waals surface area (Å²) in [6.45, 7) is 3.48. The fourth-order valence-electron chi connectivity index (χ4n) is 1.71. The van der Waals surface area contributed by atoms with Crippen molar-refractivity contribution in [3.63, 3.8) is 0 Å². The van der Waals surface area contributed by atoms with E-state index in [-0.39, 0.29) is 18.8 Å². The van der Waals surface area contributed by atoms with E-state index in [0.29, 0.717) is 0 Å². The molecule has 0 unspecified atom stereocenters. The van der Waals surface area contributed by atoms with Crippen LogP contribution in [0.25, 0.3) is 0 Å². The van der Waals surface area contributed by atoms with E-state index in [0.717, 1.165) is 0 Å². The van der Waals surface area contributed by atoms with Crippen molar-refractivity contribution in [2.45, 2.75) is 26.7 Å². The SMILES string of the molecule is COC(=O)CC(CC(=O)OC)(C(=O)OC)C(C)C. The summed E-state index contributed by atoms with van der Waals surface area (Å²) in [6.07, 6.45) is -0.439. The lowest BCUT2D eigenvalue weighted by Gasteiger charge is -2.32. The first-order chi connectivity index (χ1) is 8.33. The van der Waals surface area contributed by atoms with Crippen molar-refractivity contribution in [2.24, 2.45) is 11.3 Å². The van der Waals surface area contributed by atoms with Crippen molar-refractivity contribution in [1.29, 1.82) is 0 Å². The number of hydrogen-bond donors (Lipinski definition) is 0. The van der Waals surface area contributed by atoms with E-state index in [1.807, 2.05) is 0 Å². The predicted molar refractivity (Wildman–Crippen MR) is 62.6 cm³/mol. The van der Waals surface area contributed by atoms with Gasteiger partial charge in [0.2, 0.25) is 0 Å². The minimum Gasteiger partial charge on any atom is -0.469 e. The van der Waals surface area contributed by atoms with Crippen molar-refractivity contribution >= 4 is 17.9 Å². The van der Waals surface area contributed by atoms with Crippen LogP contribution in [-0.4, -0.2) is 39.2 Å². The topological polar surface area (TPSA) is 78.9 Å². The summed E-state index contributed by atoms with van der Waals surface area (Å²) in [5, 5.41) is 0. The standard InChI is InChI=1S/C12H20O6/c1-8(2)12(11(15)18-5,6-9(13)16-3)7-10(14)17-4/h8H,6-7H2,1-5H3. The predicted octanol–water partition coefficient (Wildman–Crippen LogP) is 0.928. The molecule has 0 heterocycles. The Morgan fingerprint density at radius 1 is 0.889 bits per heavy atom. The van der Waals surface area contributed by atoms with Crippen molar-refractivity contribution in [3.05, 3.63) is 0 Å². The third-order valence-corrected chi connectivity index (χ3v) is 3.07. The number of esters is 3. The Kier molecular flexibility index (Phi) is 6.36. The maximum atomic E-state index is 11.9. The number of methoxy groups -OCH3 is 3. The summed E-state index contributed by atoms with van der Waals surface area (Å²) in [6, 6.07) is 0. The number of carbonyl (C=O) groups excluding carboxylic acids is 3. The maximum Gasteiger partial charge on any atom is 0.313 e. The van der Waals surface area contributed by atoms with Crippen LogP contribution in [0.1, 0.15) is 26.7 Å². The fourth-order valence-corrected chi connectivity index (χ4v) is 1.71. The van der Waals surface area contributed by atoms with E-state index >= 15 is 0 Å². The third kappa shape index (κ3) is 3.72. The van der Waals surface area contributed by atoms with Crippen molar-refractivity contribution in [3.8, 4) is 0 Å². The van der Waals surface area contributed by atoms with Crippen molar-refractivity contribution in [2.75, 3.05) is 21.3 Å². The molecule has 18 heavy (non-hydrogen) atoms. The number of rotatable bonds is 6. The second kappa shape index (κ2) is 6.98. The van der Waals surface area contributed by atoms with Gasteiger partial charge >= 0.3 is 17.9 Å². The Labute approximate surface area is 107 Å². The number of ether oxygens (including phenoxy) is 3. The molecule has 0 fully saturated rings. The van der Waals surface area contributed by atoms with Gasteiger partial charge in [-0.25, -0.2) is 0 Å². The van der Waals surface area contributed by atoms with Crippen LogP contribution in [-0.2, 0) is 28.6 Å². The Balaban J connectivity index is 5.35. The van der Waals surface area contributed by atoms with Gasteiger partial charge in [0, 0.05) is 0 Å². The summed E-state index contributed by atoms with van der Waals surface area (Å²) in [7, 11) is 3.67. The Morgan fingerprint density at radius 3 is 1.50 bits per heavy atom. The minimum absolute atomic E-state index is 0.219. The monoisotopic (exact) mass is 260 g/mol. The van der Waals surface area contributed by atoms with E-state index in [4.69, 9.17) is 4.74 Å². The first-order valence-corrected chi connectivity index (χ1v) is 5.56. The minimum atomic E-state index is -1.26. The van der Waals surface area contributed by atoms with Gasteiger partial charge in [-0.05, 0) is 5.92 Å². The Hall–Kier alpha value is -1.59. The first kappa shape index (κ1) is 16.4. The highest BCUT2D eigenvalue weighted by molar-refractivity contribution is 5.88. The lowest BCUT2D eigenvalue weighted by molar-refractivity contribution is -0.168. The van der Waals surface area contributed by atoms with Gasteiger partial charge in [0.1, 0.15) is 0 Å². The summed E-state index contributed by atoms with van der Waals surface area (Å²) in [4.78, 5) is 34.8. The van der Waals surface area contributed by atoms with Gasteiger partial charge in [0.15, 0.2) is 0 Å². The average Bonchev–Trinajstić information content (AvgIpc) is 2.35. The van der Waals surface area contributed by atoms with Crippen LogP contribution in [0.5, 0.6) is 0 Å². The van der Waals surface area contributed by atoms with Gasteiger partial charge in [0.25, 0.3) is 0 Å². The van der Waals surface area contributed by atoms with Crippen LogP contribution in [0.15, 0.2) is 0 Å². The molecule has 0 rings (SSSR count). The van der Waals surface area contributed by atoms with Crippen LogP contribution < -0.4 is 0 Å². The lowest BCUT2D eigenvalue weighted by atomic mass is 9.72. The summed E-state index contributed by atoms with van der Waals surface area (Å²) < 4.78 is 13.8. The van der Waals surface area contributed by atoms with Crippen molar-refractivity contribution in [1.82, 2.24) is 0 Å². The molecule has 0 atom stereocenters. The Bertz CT molecular complexity index is 303. The van der Waals surface area contributed by atoms with Gasteiger partial charge in [-0.15, -0.1) is 0 Å². The molecule has 0 aromatic carbocycles. The molecule has 6 nitrogen and oxygen atoms in total. The van der Waals surface area contributed by atoms with E-state index in [2.05, 4.69) is 9.47 Å². The highest BCUT2D eigenvalue weighted by Gasteiger charge is 2.47. The zero-order valence-electron chi connectivity index (χ0n) is 11.4. The van der Waals surface area contributed by atoms with E-state index in [1.165, 1.54) is 21.3 Å². The second-order valence-electron chi connectivity index (χ2n) is 4.31. The molecule has 0 spiro atoms. The van der Waals surface area contributed by atoms with Crippen LogP contribution >= 0.6 is 0 Å². The molecule has 0 N–H and O–H groups in total. The molecule has 0 aromatic heterocycles. The molecular weight excluding hydrogens is 240 g/mol. The highest BCUT2D eigenvalue weighted by atomic mass is 16.5. The van der Waals surface area contributed by atoms with Crippen LogP contribution in [0.4, 0.5) is 0 Å². The molecule has 0 aliphatic carbocycles. The van der Waals surface area contributed by atoms with Gasteiger partial charge in [-0.2, -0.15) is 0 Å². The molecule has 104 valence electrons. The lowest BCUT2D eigenvalue weighted by Crippen LogP contribution is -2.42. The molecule has 0 amide bonds. The van der Waals surface area contributed by atoms with Gasteiger partial charge in [-0.3, -0.25) is 14.4 Å². The molecule has 0 bridgehead atoms. The largest absolute Gasteiger partial charge is 0.469 e. The van der Waals surface area contributed by atoms with Gasteiger partial charge in [0.05, 0.1) is 39.6 Å². The number of carbonyl (C=O) groups is 3.